The average molecular weight is 230 g/mol. The van der Waals surface area contributed by atoms with Crippen LogP contribution in [0.15, 0.2) is 30.5 Å². The van der Waals surface area contributed by atoms with Crippen LogP contribution in [0.1, 0.15) is 20.2 Å². The van der Waals surface area contributed by atoms with E-state index < -0.39 is 0 Å². The zero-order valence-electron chi connectivity index (χ0n) is 8.80. The molecule has 0 aliphatic heterocycles. The highest BCUT2D eigenvalue weighted by molar-refractivity contribution is 7.14. The predicted molar refractivity (Wildman–Crippen MR) is 62.5 cm³/mol. The van der Waals surface area contributed by atoms with Crippen LogP contribution in [-0.4, -0.2) is 10.4 Å². The molecule has 0 unspecified atom stereocenters. The van der Waals surface area contributed by atoms with Crippen LogP contribution in [0, 0.1) is 11.3 Å². The Balaban J connectivity index is 2.28. The topological polar surface area (TPSA) is 45.8 Å². The van der Waals surface area contributed by atoms with E-state index in [1.165, 1.54) is 11.3 Å². The number of carbonyl (C=O) groups is 1. The van der Waals surface area contributed by atoms with Crippen molar-refractivity contribution in [2.45, 2.75) is 6.42 Å². The lowest BCUT2D eigenvalue weighted by Crippen LogP contribution is -2.04. The van der Waals surface area contributed by atoms with Crippen molar-refractivity contribution in [1.29, 1.82) is 5.26 Å². The van der Waals surface area contributed by atoms with Crippen LogP contribution in [0.25, 0.3) is 0 Å². The van der Waals surface area contributed by atoms with Gasteiger partial charge in [-0.05, 0) is 24.3 Å². The number of carbonyl (C=O) groups excluding carboxylic acids is 1. The Hall–Kier alpha value is -1.86. The fourth-order valence-electron chi connectivity index (χ4n) is 1.50. The monoisotopic (exact) mass is 230 g/mol. The Kier molecular flexibility index (Phi) is 2.88. The van der Waals surface area contributed by atoms with Gasteiger partial charge in [0.2, 0.25) is 5.78 Å². The van der Waals surface area contributed by atoms with Gasteiger partial charge in [-0.1, -0.05) is 0 Å². The summed E-state index contributed by atoms with van der Waals surface area (Å²) in [4.78, 5) is 13.7. The summed E-state index contributed by atoms with van der Waals surface area (Å²) in [6.07, 6.45) is 2.21. The van der Waals surface area contributed by atoms with Crippen LogP contribution in [0.4, 0.5) is 0 Å². The van der Waals surface area contributed by atoms with Crippen LogP contribution < -0.4 is 0 Å². The second-order valence-corrected chi connectivity index (χ2v) is 4.60. The standard InChI is InChI=1S/C12H10N2OS/c1-14-8-2-3-10(14)12(15)11-5-4-9(16-11)6-7-13/h2-5,8H,6H2,1H3. The molecule has 0 radical (unpaired) electrons. The van der Waals surface area contributed by atoms with Crippen LogP contribution in [0.2, 0.25) is 0 Å². The molecule has 0 atom stereocenters. The van der Waals surface area contributed by atoms with Crippen LogP contribution in [0.5, 0.6) is 0 Å². The second kappa shape index (κ2) is 4.33. The van der Waals surface area contributed by atoms with Gasteiger partial charge in [0.05, 0.1) is 23.1 Å². The number of ketones is 1. The van der Waals surface area contributed by atoms with E-state index in [9.17, 15) is 4.79 Å². The smallest absolute Gasteiger partial charge is 0.219 e. The molecule has 0 aromatic carbocycles. The first kappa shape index (κ1) is 10.7. The summed E-state index contributed by atoms with van der Waals surface area (Å²) in [5.74, 6) is 0.0155. The van der Waals surface area contributed by atoms with Gasteiger partial charge in [0.15, 0.2) is 0 Å². The van der Waals surface area contributed by atoms with Gasteiger partial charge < -0.3 is 4.57 Å². The number of hydrogen-bond acceptors (Lipinski definition) is 3. The predicted octanol–water partition coefficient (Wildman–Crippen LogP) is 2.38. The number of thiophene rings is 1. The zero-order chi connectivity index (χ0) is 11.5. The van der Waals surface area contributed by atoms with Crippen molar-refractivity contribution in [3.63, 3.8) is 0 Å². The Bertz CT molecular complexity index is 560. The molecular weight excluding hydrogens is 220 g/mol. The Morgan fingerprint density at radius 3 is 2.94 bits per heavy atom. The van der Waals surface area contributed by atoms with Gasteiger partial charge in [0, 0.05) is 18.1 Å². The van der Waals surface area contributed by atoms with Gasteiger partial charge in [-0.25, -0.2) is 0 Å². The molecule has 0 bridgehead atoms. The van der Waals surface area contributed by atoms with E-state index in [0.717, 1.165) is 4.88 Å². The summed E-state index contributed by atoms with van der Waals surface area (Å²) >= 11 is 1.39. The molecule has 2 rings (SSSR count). The van der Waals surface area contributed by atoms with Gasteiger partial charge in [-0.2, -0.15) is 5.26 Å². The Morgan fingerprint density at radius 2 is 2.31 bits per heavy atom. The van der Waals surface area contributed by atoms with Crippen molar-refractivity contribution in [3.05, 3.63) is 45.9 Å². The van der Waals surface area contributed by atoms with Gasteiger partial charge in [0.25, 0.3) is 0 Å². The summed E-state index contributed by atoms with van der Waals surface area (Å²) in [5, 5.41) is 8.56. The normalized spacial score (nSPS) is 10.0. The Morgan fingerprint density at radius 1 is 1.50 bits per heavy atom. The molecule has 0 N–H and O–H groups in total. The lowest BCUT2D eigenvalue weighted by atomic mass is 10.2. The second-order valence-electron chi connectivity index (χ2n) is 3.43. The average Bonchev–Trinajstić information content (AvgIpc) is 2.87. The molecule has 0 spiro atoms. The molecular formula is C12H10N2OS. The molecule has 2 heterocycles. The van der Waals surface area contributed by atoms with Crippen LogP contribution in [0.3, 0.4) is 0 Å². The van der Waals surface area contributed by atoms with E-state index in [0.29, 0.717) is 17.0 Å². The Labute approximate surface area is 97.6 Å². The van der Waals surface area contributed by atoms with E-state index in [4.69, 9.17) is 5.26 Å². The van der Waals surface area contributed by atoms with E-state index >= 15 is 0 Å². The molecule has 4 heteroatoms. The third-order valence-electron chi connectivity index (χ3n) is 2.32. The highest BCUT2D eigenvalue weighted by Gasteiger charge is 2.13. The van der Waals surface area contributed by atoms with Gasteiger partial charge in [0.1, 0.15) is 0 Å². The molecule has 3 nitrogen and oxygen atoms in total. The molecule has 16 heavy (non-hydrogen) atoms. The number of aryl methyl sites for hydroxylation is 1. The molecule has 0 amide bonds. The molecule has 0 fully saturated rings. The first-order valence-corrected chi connectivity index (χ1v) is 5.65. The molecule has 0 aliphatic carbocycles. The summed E-state index contributed by atoms with van der Waals surface area (Å²) in [5.41, 5.74) is 0.672. The summed E-state index contributed by atoms with van der Waals surface area (Å²) in [6, 6.07) is 9.34. The molecule has 0 saturated heterocycles. The minimum absolute atomic E-state index is 0.0155. The van der Waals surface area contributed by atoms with Gasteiger partial charge in [-0.15, -0.1) is 11.3 Å². The van der Waals surface area contributed by atoms with Gasteiger partial charge >= 0.3 is 0 Å². The van der Waals surface area contributed by atoms with Crippen molar-refractivity contribution in [3.8, 4) is 6.07 Å². The largest absolute Gasteiger partial charge is 0.348 e. The van der Waals surface area contributed by atoms with E-state index in [1.807, 2.05) is 25.4 Å². The summed E-state index contributed by atoms with van der Waals surface area (Å²) in [7, 11) is 1.84. The summed E-state index contributed by atoms with van der Waals surface area (Å²) < 4.78 is 1.80. The highest BCUT2D eigenvalue weighted by atomic mass is 32.1. The maximum Gasteiger partial charge on any atom is 0.219 e. The lowest BCUT2D eigenvalue weighted by molar-refractivity contribution is 0.103. The maximum atomic E-state index is 12.1. The number of rotatable bonds is 3. The van der Waals surface area contributed by atoms with E-state index in [1.54, 1.807) is 16.7 Å². The minimum Gasteiger partial charge on any atom is -0.348 e. The minimum atomic E-state index is 0.0155. The van der Waals surface area contributed by atoms with Gasteiger partial charge in [-0.3, -0.25) is 4.79 Å². The molecule has 80 valence electrons. The SMILES string of the molecule is Cn1cccc1C(=O)c1ccc(CC#N)s1. The lowest BCUT2D eigenvalue weighted by Gasteiger charge is -1.99. The third kappa shape index (κ3) is 1.90. The third-order valence-corrected chi connectivity index (χ3v) is 3.40. The first-order valence-electron chi connectivity index (χ1n) is 4.84. The first-order chi connectivity index (χ1) is 7.72. The van der Waals surface area contributed by atoms with Crippen molar-refractivity contribution in [2.75, 3.05) is 0 Å². The highest BCUT2D eigenvalue weighted by Crippen LogP contribution is 2.20. The van der Waals surface area contributed by atoms with Crippen molar-refractivity contribution in [2.24, 2.45) is 7.05 Å². The van der Waals surface area contributed by atoms with Crippen LogP contribution in [-0.2, 0) is 13.5 Å². The number of nitrogens with zero attached hydrogens (tertiary/aromatic N) is 2. The van der Waals surface area contributed by atoms with Crippen molar-refractivity contribution >= 4 is 17.1 Å². The molecule has 2 aromatic rings. The molecule has 0 saturated carbocycles. The quantitative estimate of drug-likeness (QED) is 0.760. The molecule has 0 aliphatic rings. The maximum absolute atomic E-state index is 12.1. The number of aromatic nitrogens is 1. The molecule has 2 aromatic heterocycles. The number of nitriles is 1. The van der Waals surface area contributed by atoms with Crippen LogP contribution >= 0.6 is 11.3 Å². The van der Waals surface area contributed by atoms with Crippen molar-refractivity contribution in [1.82, 2.24) is 4.57 Å². The van der Waals surface area contributed by atoms with E-state index in [-0.39, 0.29) is 5.78 Å². The number of hydrogen-bond donors (Lipinski definition) is 0. The summed E-state index contributed by atoms with van der Waals surface area (Å²) in [6.45, 7) is 0. The fraction of sp³-hybridized carbons (Fsp3) is 0.167. The van der Waals surface area contributed by atoms with Crippen molar-refractivity contribution < 1.29 is 4.79 Å². The zero-order valence-corrected chi connectivity index (χ0v) is 9.62. The fourth-order valence-corrected chi connectivity index (χ4v) is 2.38. The van der Waals surface area contributed by atoms with E-state index in [2.05, 4.69) is 6.07 Å².